The van der Waals surface area contributed by atoms with Crippen molar-refractivity contribution in [2.75, 3.05) is 39.9 Å². The number of fused-ring (bicyclic) bond motifs is 2. The third-order valence-electron chi connectivity index (χ3n) is 6.25. The summed E-state index contributed by atoms with van der Waals surface area (Å²) >= 11 is 0. The minimum absolute atomic E-state index is 0.0872. The molecule has 1 aliphatic carbocycles. The minimum atomic E-state index is 0.0872. The zero-order valence-corrected chi connectivity index (χ0v) is 15.0. The van der Waals surface area contributed by atoms with E-state index in [2.05, 4.69) is 28.7 Å². The average Bonchev–Trinajstić information content (AvgIpc) is 2.99. The van der Waals surface area contributed by atoms with Crippen LogP contribution in [0.3, 0.4) is 0 Å². The van der Waals surface area contributed by atoms with Gasteiger partial charge in [0.2, 0.25) is 0 Å². The molecule has 0 spiro atoms. The van der Waals surface area contributed by atoms with Crippen molar-refractivity contribution in [2.24, 2.45) is 16.7 Å². The Kier molecular flexibility index (Phi) is 3.73. The van der Waals surface area contributed by atoms with E-state index in [-0.39, 0.29) is 11.3 Å². The number of imidazole rings is 1. The van der Waals surface area contributed by atoms with Gasteiger partial charge in [0.25, 0.3) is 5.91 Å². The molecule has 24 heavy (non-hydrogen) atoms. The largest absolute Gasteiger partial charge is 0.384 e. The highest BCUT2D eigenvalue weighted by molar-refractivity contribution is 5.92. The summed E-state index contributed by atoms with van der Waals surface area (Å²) in [6.45, 7) is 9.76. The molecule has 1 saturated heterocycles. The molecular weight excluding hydrogens is 304 g/mol. The molecule has 2 aliphatic heterocycles. The molecule has 0 aromatic carbocycles. The lowest BCUT2D eigenvalue weighted by molar-refractivity contribution is -0.107. The Labute approximate surface area is 143 Å². The molecule has 3 heterocycles. The van der Waals surface area contributed by atoms with Gasteiger partial charge in [0.05, 0.1) is 6.61 Å². The molecule has 6 nitrogen and oxygen atoms in total. The molecule has 1 aromatic rings. The molecule has 1 saturated carbocycles. The van der Waals surface area contributed by atoms with Crippen LogP contribution >= 0.6 is 0 Å². The number of carbonyl (C=O) groups is 1. The Morgan fingerprint density at radius 3 is 3.04 bits per heavy atom. The van der Waals surface area contributed by atoms with E-state index in [1.165, 1.54) is 0 Å². The topological polar surface area (TPSA) is 59.4 Å². The summed E-state index contributed by atoms with van der Waals surface area (Å²) in [4.78, 5) is 19.7. The molecule has 4 rings (SSSR count). The van der Waals surface area contributed by atoms with E-state index in [1.807, 2.05) is 11.1 Å². The third-order valence-corrected chi connectivity index (χ3v) is 6.25. The summed E-state index contributed by atoms with van der Waals surface area (Å²) in [7, 11) is 1.77. The first-order chi connectivity index (χ1) is 11.5. The number of methoxy groups -OCH3 is 1. The van der Waals surface area contributed by atoms with E-state index in [9.17, 15) is 4.79 Å². The summed E-state index contributed by atoms with van der Waals surface area (Å²) in [6, 6.07) is 0. The van der Waals surface area contributed by atoms with Gasteiger partial charge in [0.15, 0.2) is 0 Å². The van der Waals surface area contributed by atoms with Crippen molar-refractivity contribution in [3.8, 4) is 0 Å². The van der Waals surface area contributed by atoms with Crippen LogP contribution in [0.15, 0.2) is 6.20 Å². The Hall–Kier alpha value is -1.40. The summed E-state index contributed by atoms with van der Waals surface area (Å²) < 4.78 is 7.62. The molecule has 0 bridgehead atoms. The average molecular weight is 332 g/mol. The second kappa shape index (κ2) is 5.56. The van der Waals surface area contributed by atoms with Crippen LogP contribution in [0.2, 0.25) is 0 Å². The first kappa shape index (κ1) is 16.1. The van der Waals surface area contributed by atoms with Crippen LogP contribution in [0.1, 0.15) is 36.6 Å². The van der Waals surface area contributed by atoms with Gasteiger partial charge >= 0.3 is 0 Å². The normalized spacial score (nSPS) is 31.1. The molecule has 1 aromatic heterocycles. The van der Waals surface area contributed by atoms with E-state index < -0.39 is 0 Å². The second-order valence-corrected chi connectivity index (χ2v) is 8.43. The molecule has 132 valence electrons. The molecule has 2 atom stereocenters. The maximum absolute atomic E-state index is 13.0. The van der Waals surface area contributed by atoms with Crippen molar-refractivity contribution in [2.45, 2.75) is 33.2 Å². The highest BCUT2D eigenvalue weighted by Gasteiger charge is 2.63. The lowest BCUT2D eigenvalue weighted by Gasteiger charge is -2.56. The van der Waals surface area contributed by atoms with E-state index in [0.717, 1.165) is 58.0 Å². The third kappa shape index (κ3) is 2.39. The summed E-state index contributed by atoms with van der Waals surface area (Å²) in [6.07, 6.45) is 3.96. The number of hydrogen-bond acceptors (Lipinski definition) is 4. The molecular formula is C18H28N4O2. The smallest absolute Gasteiger partial charge is 0.274 e. The summed E-state index contributed by atoms with van der Waals surface area (Å²) in [5.41, 5.74) is 1.05. The minimum Gasteiger partial charge on any atom is -0.384 e. The fourth-order valence-electron chi connectivity index (χ4n) is 5.40. The predicted molar refractivity (Wildman–Crippen MR) is 90.9 cm³/mol. The van der Waals surface area contributed by atoms with Crippen molar-refractivity contribution in [1.29, 1.82) is 0 Å². The van der Waals surface area contributed by atoms with Gasteiger partial charge in [0.1, 0.15) is 11.5 Å². The van der Waals surface area contributed by atoms with Gasteiger partial charge in [-0.05, 0) is 17.8 Å². The van der Waals surface area contributed by atoms with Gasteiger partial charge in [-0.2, -0.15) is 0 Å². The fraction of sp³-hybridized carbons (Fsp3) is 0.778. The summed E-state index contributed by atoms with van der Waals surface area (Å²) in [5, 5.41) is 3.36. The lowest BCUT2D eigenvalue weighted by atomic mass is 9.48. The van der Waals surface area contributed by atoms with Gasteiger partial charge < -0.3 is 19.5 Å². The van der Waals surface area contributed by atoms with Crippen molar-refractivity contribution in [3.63, 3.8) is 0 Å². The molecule has 6 heteroatoms. The Bertz CT molecular complexity index is 630. The van der Waals surface area contributed by atoms with Crippen molar-refractivity contribution in [1.82, 2.24) is 19.8 Å². The maximum atomic E-state index is 13.0. The van der Waals surface area contributed by atoms with Crippen molar-refractivity contribution in [3.05, 3.63) is 17.7 Å². The zero-order chi connectivity index (χ0) is 16.9. The molecule has 3 aliphatic rings. The van der Waals surface area contributed by atoms with E-state index in [4.69, 9.17) is 4.74 Å². The van der Waals surface area contributed by atoms with Crippen LogP contribution in [0.4, 0.5) is 0 Å². The quantitative estimate of drug-likeness (QED) is 0.902. The molecule has 1 N–H and O–H groups in total. The van der Waals surface area contributed by atoms with Crippen molar-refractivity contribution >= 4 is 5.91 Å². The number of amides is 1. The number of carbonyl (C=O) groups excluding carboxylic acids is 1. The van der Waals surface area contributed by atoms with Gasteiger partial charge in [-0.15, -0.1) is 0 Å². The predicted octanol–water partition coefficient (Wildman–Crippen LogP) is 1.16. The van der Waals surface area contributed by atoms with Gasteiger partial charge in [-0.3, -0.25) is 4.79 Å². The standard InChI is InChI=1S/C18H28N4O2/c1-17(2)10-18(12-24-3)11-22(9-14(17)18)16(23)13-8-21-7-6-19-5-4-15(21)20-13/h8,14,19H,4-7,9-12H2,1-3H3/t14-,18-/m1/s1. The van der Waals surface area contributed by atoms with Crippen LogP contribution in [-0.4, -0.2) is 60.3 Å². The van der Waals surface area contributed by atoms with E-state index in [0.29, 0.717) is 17.0 Å². The number of rotatable bonds is 3. The number of likely N-dealkylation sites (tertiary alicyclic amines) is 1. The molecule has 0 unspecified atom stereocenters. The number of nitrogens with zero attached hydrogens (tertiary/aromatic N) is 3. The number of hydrogen-bond donors (Lipinski definition) is 1. The highest BCUT2D eigenvalue weighted by Crippen LogP contribution is 2.62. The number of ether oxygens (including phenoxy) is 1. The highest BCUT2D eigenvalue weighted by atomic mass is 16.5. The van der Waals surface area contributed by atoms with Gasteiger partial charge in [0, 0.05) is 57.9 Å². The fourth-order valence-corrected chi connectivity index (χ4v) is 5.40. The molecule has 0 radical (unpaired) electrons. The van der Waals surface area contributed by atoms with Crippen LogP contribution in [0, 0.1) is 16.7 Å². The first-order valence-electron chi connectivity index (χ1n) is 9.00. The molecule has 2 fully saturated rings. The monoisotopic (exact) mass is 332 g/mol. The molecule has 1 amide bonds. The van der Waals surface area contributed by atoms with Crippen LogP contribution in [-0.2, 0) is 17.7 Å². The van der Waals surface area contributed by atoms with E-state index in [1.54, 1.807) is 7.11 Å². The van der Waals surface area contributed by atoms with Crippen LogP contribution in [0.5, 0.6) is 0 Å². The Balaban J connectivity index is 1.53. The summed E-state index contributed by atoms with van der Waals surface area (Å²) in [5.74, 6) is 1.64. The van der Waals surface area contributed by atoms with Gasteiger partial charge in [-0.25, -0.2) is 4.98 Å². The zero-order valence-electron chi connectivity index (χ0n) is 15.0. The lowest BCUT2D eigenvalue weighted by Crippen LogP contribution is -2.55. The first-order valence-corrected chi connectivity index (χ1v) is 9.00. The Morgan fingerprint density at radius 1 is 1.46 bits per heavy atom. The van der Waals surface area contributed by atoms with Gasteiger partial charge in [-0.1, -0.05) is 13.8 Å². The maximum Gasteiger partial charge on any atom is 0.274 e. The Morgan fingerprint density at radius 2 is 2.29 bits per heavy atom. The van der Waals surface area contributed by atoms with E-state index >= 15 is 0 Å². The SMILES string of the molecule is COC[C@@]12CN(C(=O)c3cn4c(n3)CCNCC4)C[C@@H]1C(C)(C)C2. The van der Waals surface area contributed by atoms with Crippen molar-refractivity contribution < 1.29 is 9.53 Å². The second-order valence-electron chi connectivity index (χ2n) is 8.43. The van der Waals surface area contributed by atoms with Crippen LogP contribution in [0.25, 0.3) is 0 Å². The van der Waals surface area contributed by atoms with Crippen LogP contribution < -0.4 is 5.32 Å². The number of aromatic nitrogens is 2. The number of nitrogens with one attached hydrogen (secondary N) is 1.